The van der Waals surface area contributed by atoms with E-state index in [4.69, 9.17) is 15.6 Å². The molecule has 7 nitrogen and oxygen atoms in total. The van der Waals surface area contributed by atoms with Crippen molar-refractivity contribution in [2.75, 3.05) is 13.2 Å². The molecule has 0 aliphatic heterocycles. The van der Waals surface area contributed by atoms with Crippen LogP contribution in [0, 0.1) is 5.92 Å². The average molecular weight is 294 g/mol. The van der Waals surface area contributed by atoms with Crippen LogP contribution in [0.2, 0.25) is 0 Å². The van der Waals surface area contributed by atoms with Gasteiger partial charge in [0, 0.05) is 12.1 Å². The lowest BCUT2D eigenvalue weighted by Crippen LogP contribution is -2.32. The van der Waals surface area contributed by atoms with Crippen molar-refractivity contribution in [3.05, 3.63) is 29.8 Å². The van der Waals surface area contributed by atoms with E-state index in [0.717, 1.165) is 0 Å². The molecule has 0 spiro atoms. The van der Waals surface area contributed by atoms with Crippen LogP contribution in [0.25, 0.3) is 0 Å². The lowest BCUT2D eigenvalue weighted by molar-refractivity contribution is -0.141. The summed E-state index contributed by atoms with van der Waals surface area (Å²) in [5.74, 6) is -2.07. The minimum absolute atomic E-state index is 0.0740. The second-order valence-electron chi connectivity index (χ2n) is 4.43. The molecular formula is C14H18N2O5. The van der Waals surface area contributed by atoms with Gasteiger partial charge in [-0.1, -0.05) is 6.92 Å². The van der Waals surface area contributed by atoms with Gasteiger partial charge < -0.3 is 20.9 Å². The minimum Gasteiger partial charge on any atom is -0.484 e. The maximum absolute atomic E-state index is 11.8. The van der Waals surface area contributed by atoms with Gasteiger partial charge in [-0.15, -0.1) is 0 Å². The van der Waals surface area contributed by atoms with Gasteiger partial charge in [0.15, 0.2) is 6.61 Å². The number of benzene rings is 1. The largest absolute Gasteiger partial charge is 0.484 e. The Morgan fingerprint density at radius 3 is 2.38 bits per heavy atom. The lowest BCUT2D eigenvalue weighted by Gasteiger charge is -2.11. The number of hydrogen-bond acceptors (Lipinski definition) is 4. The highest BCUT2D eigenvalue weighted by atomic mass is 16.5. The first-order valence-corrected chi connectivity index (χ1v) is 6.46. The van der Waals surface area contributed by atoms with E-state index < -0.39 is 17.8 Å². The Kier molecular flexibility index (Phi) is 6.19. The van der Waals surface area contributed by atoms with Crippen LogP contribution in [-0.4, -0.2) is 36.0 Å². The van der Waals surface area contributed by atoms with Crippen LogP contribution < -0.4 is 15.8 Å². The molecule has 1 aromatic rings. The molecule has 4 N–H and O–H groups in total. The predicted octanol–water partition coefficient (Wildman–Crippen LogP) is 0.391. The fraction of sp³-hybridized carbons (Fsp3) is 0.357. The molecule has 0 fully saturated rings. The summed E-state index contributed by atoms with van der Waals surface area (Å²) in [6.45, 7) is 1.59. The predicted molar refractivity (Wildman–Crippen MR) is 74.9 cm³/mol. The minimum atomic E-state index is -0.937. The molecule has 0 aliphatic rings. The molecule has 114 valence electrons. The number of hydrogen-bond donors (Lipinski definition) is 3. The van der Waals surface area contributed by atoms with Crippen molar-refractivity contribution < 1.29 is 24.2 Å². The summed E-state index contributed by atoms with van der Waals surface area (Å²) in [5.41, 5.74) is 5.32. The smallest absolute Gasteiger partial charge is 0.308 e. The zero-order valence-corrected chi connectivity index (χ0v) is 11.7. The van der Waals surface area contributed by atoms with Gasteiger partial charge in [-0.3, -0.25) is 14.4 Å². The van der Waals surface area contributed by atoms with E-state index in [1.54, 1.807) is 6.92 Å². The third kappa shape index (κ3) is 5.52. The van der Waals surface area contributed by atoms with E-state index in [2.05, 4.69) is 5.32 Å². The van der Waals surface area contributed by atoms with E-state index in [1.807, 2.05) is 0 Å². The van der Waals surface area contributed by atoms with Gasteiger partial charge in [-0.2, -0.15) is 0 Å². The monoisotopic (exact) mass is 294 g/mol. The number of carbonyl (C=O) groups excluding carboxylic acids is 2. The van der Waals surface area contributed by atoms with Crippen LogP contribution in [0.1, 0.15) is 23.7 Å². The van der Waals surface area contributed by atoms with Crippen LogP contribution in [0.4, 0.5) is 0 Å². The second-order valence-corrected chi connectivity index (χ2v) is 4.43. The summed E-state index contributed by atoms with van der Waals surface area (Å²) in [7, 11) is 0. The Hall–Kier alpha value is -2.57. The van der Waals surface area contributed by atoms with Crippen molar-refractivity contribution in [3.8, 4) is 5.75 Å². The summed E-state index contributed by atoms with van der Waals surface area (Å²) < 4.78 is 5.07. The molecule has 7 heteroatoms. The number of carbonyl (C=O) groups is 3. The highest BCUT2D eigenvalue weighted by Crippen LogP contribution is 2.12. The molecule has 0 saturated heterocycles. The molecule has 0 heterocycles. The summed E-state index contributed by atoms with van der Waals surface area (Å²) >= 11 is 0. The standard InChI is InChI=1S/C14H18N2O5/c1-2-9(14(19)20)7-16-13(18)10-3-5-11(6-4-10)21-8-12(15)17/h3-6,9H,2,7-8H2,1H3,(H2,15,17)(H,16,18)(H,19,20). The molecule has 0 aliphatic carbocycles. The Labute approximate surface area is 122 Å². The Morgan fingerprint density at radius 1 is 1.29 bits per heavy atom. The number of carboxylic acids is 1. The first kappa shape index (κ1) is 16.5. The highest BCUT2D eigenvalue weighted by Gasteiger charge is 2.16. The number of nitrogens with one attached hydrogen (secondary N) is 1. The third-order valence-electron chi connectivity index (χ3n) is 2.85. The molecule has 21 heavy (non-hydrogen) atoms. The molecular weight excluding hydrogens is 276 g/mol. The Morgan fingerprint density at radius 2 is 1.90 bits per heavy atom. The van der Waals surface area contributed by atoms with Gasteiger partial charge in [0.05, 0.1) is 5.92 Å². The van der Waals surface area contributed by atoms with Crippen molar-refractivity contribution >= 4 is 17.8 Å². The maximum Gasteiger partial charge on any atom is 0.308 e. The SMILES string of the molecule is CCC(CNC(=O)c1ccc(OCC(N)=O)cc1)C(=O)O. The van der Waals surface area contributed by atoms with E-state index in [-0.39, 0.29) is 19.1 Å². The summed E-state index contributed by atoms with van der Waals surface area (Å²) in [6.07, 6.45) is 0.440. The number of primary amides is 1. The van der Waals surface area contributed by atoms with E-state index in [9.17, 15) is 14.4 Å². The molecule has 2 amide bonds. The van der Waals surface area contributed by atoms with Crippen LogP contribution in [0.3, 0.4) is 0 Å². The topological polar surface area (TPSA) is 119 Å². The number of aliphatic carboxylic acids is 1. The molecule has 0 aromatic heterocycles. The number of nitrogens with two attached hydrogens (primary N) is 1. The van der Waals surface area contributed by atoms with Crippen molar-refractivity contribution in [3.63, 3.8) is 0 Å². The number of carboxylic acid groups (broad SMARTS) is 1. The molecule has 0 bridgehead atoms. The molecule has 1 atom stereocenters. The molecule has 1 rings (SSSR count). The van der Waals surface area contributed by atoms with Crippen molar-refractivity contribution in [2.45, 2.75) is 13.3 Å². The van der Waals surface area contributed by atoms with Crippen LogP contribution in [0.5, 0.6) is 5.75 Å². The lowest BCUT2D eigenvalue weighted by atomic mass is 10.1. The van der Waals surface area contributed by atoms with Crippen LogP contribution in [-0.2, 0) is 9.59 Å². The molecule has 1 aromatic carbocycles. The van der Waals surface area contributed by atoms with Gasteiger partial charge in [-0.25, -0.2) is 0 Å². The zero-order valence-electron chi connectivity index (χ0n) is 11.7. The van der Waals surface area contributed by atoms with Crippen LogP contribution in [0.15, 0.2) is 24.3 Å². The van der Waals surface area contributed by atoms with Gasteiger partial charge >= 0.3 is 5.97 Å². The van der Waals surface area contributed by atoms with Gasteiger partial charge in [0.25, 0.3) is 11.8 Å². The quantitative estimate of drug-likeness (QED) is 0.641. The van der Waals surface area contributed by atoms with E-state index in [0.29, 0.717) is 17.7 Å². The maximum atomic E-state index is 11.8. The highest BCUT2D eigenvalue weighted by molar-refractivity contribution is 5.94. The Balaban J connectivity index is 2.55. The molecule has 0 radical (unpaired) electrons. The number of ether oxygens (including phenoxy) is 1. The normalized spacial score (nSPS) is 11.5. The average Bonchev–Trinajstić information content (AvgIpc) is 2.45. The number of amides is 2. The fourth-order valence-corrected chi connectivity index (χ4v) is 1.58. The number of rotatable bonds is 8. The van der Waals surface area contributed by atoms with Crippen molar-refractivity contribution in [1.29, 1.82) is 0 Å². The van der Waals surface area contributed by atoms with Crippen molar-refractivity contribution in [2.24, 2.45) is 11.7 Å². The van der Waals surface area contributed by atoms with E-state index in [1.165, 1.54) is 24.3 Å². The zero-order chi connectivity index (χ0) is 15.8. The van der Waals surface area contributed by atoms with Gasteiger partial charge in [-0.05, 0) is 30.7 Å². The van der Waals surface area contributed by atoms with Crippen LogP contribution >= 0.6 is 0 Å². The van der Waals surface area contributed by atoms with Gasteiger partial charge in [0.2, 0.25) is 0 Å². The molecule has 1 unspecified atom stereocenters. The summed E-state index contributed by atoms with van der Waals surface area (Å²) in [5, 5.41) is 11.5. The molecule has 0 saturated carbocycles. The second kappa shape index (κ2) is 7.88. The first-order chi connectivity index (χ1) is 9.93. The Bertz CT molecular complexity index is 513. The van der Waals surface area contributed by atoms with E-state index >= 15 is 0 Å². The van der Waals surface area contributed by atoms with Crippen molar-refractivity contribution in [1.82, 2.24) is 5.32 Å². The fourth-order valence-electron chi connectivity index (χ4n) is 1.58. The third-order valence-corrected chi connectivity index (χ3v) is 2.85. The summed E-state index contributed by atoms with van der Waals surface area (Å²) in [6, 6.07) is 6.11. The first-order valence-electron chi connectivity index (χ1n) is 6.46. The summed E-state index contributed by atoms with van der Waals surface area (Å²) in [4.78, 5) is 33.3. The van der Waals surface area contributed by atoms with Gasteiger partial charge in [0.1, 0.15) is 5.75 Å².